The quantitative estimate of drug-likeness (QED) is 0.0801. The van der Waals surface area contributed by atoms with Crippen LogP contribution in [-0.4, -0.2) is 70.4 Å². The zero-order valence-electron chi connectivity index (χ0n) is 27.1. The van der Waals surface area contributed by atoms with Crippen LogP contribution in [0.2, 0.25) is 0 Å². The number of halogens is 1. The first-order chi connectivity index (χ1) is 24.7. The van der Waals surface area contributed by atoms with Crippen LogP contribution in [-0.2, 0) is 9.47 Å². The number of pyridine rings is 2. The van der Waals surface area contributed by atoms with Crippen molar-refractivity contribution in [3.63, 3.8) is 0 Å². The number of hydrogen-bond donors (Lipinski definition) is 5. The van der Waals surface area contributed by atoms with Crippen LogP contribution in [0.4, 0.5) is 0 Å². The predicted molar refractivity (Wildman–Crippen MR) is 205 cm³/mol. The fourth-order valence-corrected chi connectivity index (χ4v) is 6.42. The zero-order valence-corrected chi connectivity index (χ0v) is 29.3. The number of furan rings is 2. The van der Waals surface area contributed by atoms with Crippen LogP contribution < -0.4 is 15.8 Å². The molecule has 0 fully saturated rings. The summed E-state index contributed by atoms with van der Waals surface area (Å²) in [6.07, 6.45) is 6.28. The third-order valence-electron chi connectivity index (χ3n) is 7.84. The molecule has 6 heterocycles. The van der Waals surface area contributed by atoms with Gasteiger partial charge in [-0.25, -0.2) is 14.6 Å². The number of carbonyl (C=O) groups excluding carboxylic acids is 2. The van der Waals surface area contributed by atoms with Crippen LogP contribution in [0.1, 0.15) is 28.4 Å². The Hall–Kier alpha value is -5.85. The minimum atomic E-state index is -1.53. The molecule has 0 aliphatic rings. The van der Waals surface area contributed by atoms with Crippen molar-refractivity contribution in [3.8, 4) is 17.0 Å². The van der Waals surface area contributed by atoms with Crippen molar-refractivity contribution >= 4 is 90.9 Å². The highest BCUT2D eigenvalue weighted by atomic mass is 127. The number of nitrogens with zero attached hydrogens (tertiary/aromatic N) is 1. The van der Waals surface area contributed by atoms with E-state index < -0.39 is 13.1 Å². The van der Waals surface area contributed by atoms with Crippen LogP contribution in [0.3, 0.4) is 0 Å². The van der Waals surface area contributed by atoms with Crippen LogP contribution in [0.25, 0.3) is 54.9 Å². The highest BCUT2D eigenvalue weighted by Gasteiger charge is 2.24. The number of ether oxygens (including phenoxy) is 3. The van der Waals surface area contributed by atoms with Gasteiger partial charge < -0.3 is 48.0 Å². The largest absolute Gasteiger partial charge is 0.493 e. The molecule has 16 heteroatoms. The summed E-state index contributed by atoms with van der Waals surface area (Å²) in [6, 6.07) is 17.9. The molecule has 52 heavy (non-hydrogen) atoms. The standard InChI is InChI=1S/C17H12N2O4.C12H8INO3.C6H8BNO3.CH4/c1-22-17(21)14-12(10-3-2-7-18-16(10)20)13-11(19-14)5-4-9-6-8-23-15(9)13;1-16-12(15)10-9(13)8-7(14-10)3-2-6-4-5-17-11(6)8;1-11-6-5(7(9)10)3-2-4-8-6;/h2-8,19H,1H3,(H,18,20);2-5,14H,1H3;2-4,9-10H,1H3;1H4. The Morgan fingerprint density at radius 3 is 1.98 bits per heavy atom. The molecule has 0 atom stereocenters. The van der Waals surface area contributed by atoms with Crippen LogP contribution in [0.15, 0.2) is 99.2 Å². The van der Waals surface area contributed by atoms with E-state index in [0.717, 1.165) is 30.8 Å². The second-order valence-corrected chi connectivity index (χ2v) is 11.8. The molecule has 0 saturated carbocycles. The van der Waals surface area contributed by atoms with Gasteiger partial charge in [-0.3, -0.25) is 4.79 Å². The molecule has 0 unspecified atom stereocenters. The number of carbonyl (C=O) groups is 2. The third-order valence-corrected chi connectivity index (χ3v) is 8.92. The lowest BCUT2D eigenvalue weighted by Crippen LogP contribution is -2.31. The van der Waals surface area contributed by atoms with E-state index in [4.69, 9.17) is 33.1 Å². The van der Waals surface area contributed by atoms with Crippen LogP contribution >= 0.6 is 22.6 Å². The first-order valence-corrected chi connectivity index (χ1v) is 16.1. The normalized spacial score (nSPS) is 10.6. The number of fused-ring (bicyclic) bond motifs is 6. The van der Waals surface area contributed by atoms with Crippen molar-refractivity contribution in [1.29, 1.82) is 0 Å². The SMILES string of the molecule is C.COC(=O)c1[nH]c2ccc3ccoc3c2c1-c1ccc[nH]c1=O.COC(=O)c1[nH]c2ccc3ccoc3c2c1I.COc1ncccc1B(O)O. The Bertz CT molecular complexity index is 2580. The van der Waals surface area contributed by atoms with Crippen molar-refractivity contribution in [3.05, 3.63) is 111 Å². The van der Waals surface area contributed by atoms with Gasteiger partial charge in [0.1, 0.15) is 22.6 Å². The average Bonchev–Trinajstić information content (AvgIpc) is 3.96. The maximum absolute atomic E-state index is 12.2. The number of esters is 2. The molecule has 0 aliphatic heterocycles. The fourth-order valence-electron chi connectivity index (χ4n) is 5.53. The minimum Gasteiger partial charge on any atom is -0.481 e. The van der Waals surface area contributed by atoms with Crippen LogP contribution in [0, 0.1) is 3.57 Å². The highest BCUT2D eigenvalue weighted by Crippen LogP contribution is 2.37. The summed E-state index contributed by atoms with van der Waals surface area (Å²) in [6.45, 7) is 0. The molecule has 0 bridgehead atoms. The Balaban J connectivity index is 0.000000159. The van der Waals surface area contributed by atoms with Gasteiger partial charge in [-0.15, -0.1) is 0 Å². The number of nitrogens with one attached hydrogen (secondary N) is 3. The van der Waals surface area contributed by atoms with Crippen LogP contribution in [0.5, 0.6) is 5.88 Å². The first-order valence-electron chi connectivity index (χ1n) is 15.1. The Labute approximate surface area is 309 Å². The molecule has 0 radical (unpaired) electrons. The zero-order chi connectivity index (χ0) is 36.2. The predicted octanol–water partition coefficient (Wildman–Crippen LogP) is 5.77. The van der Waals surface area contributed by atoms with Gasteiger partial charge in [-0.2, -0.15) is 0 Å². The summed E-state index contributed by atoms with van der Waals surface area (Å²) in [5.74, 6) is -0.674. The van der Waals surface area contributed by atoms with E-state index >= 15 is 0 Å². The summed E-state index contributed by atoms with van der Waals surface area (Å²) >= 11 is 2.13. The molecule has 0 spiro atoms. The minimum absolute atomic E-state index is 0. The van der Waals surface area contributed by atoms with Crippen molar-refractivity contribution in [2.24, 2.45) is 0 Å². The van der Waals surface area contributed by atoms with E-state index in [9.17, 15) is 14.4 Å². The number of rotatable bonds is 5. The number of aromatic amines is 3. The molecule has 8 aromatic rings. The maximum Gasteiger partial charge on any atom is 0.493 e. The lowest BCUT2D eigenvalue weighted by molar-refractivity contribution is 0.0586. The van der Waals surface area contributed by atoms with E-state index in [1.54, 1.807) is 36.9 Å². The van der Waals surface area contributed by atoms with Crippen molar-refractivity contribution < 1.29 is 42.7 Å². The smallest absolute Gasteiger partial charge is 0.481 e. The molecule has 0 amide bonds. The number of hydrogen-bond acceptors (Lipinski definition) is 11. The summed E-state index contributed by atoms with van der Waals surface area (Å²) in [5, 5.41) is 21.1. The van der Waals surface area contributed by atoms with E-state index in [1.807, 2.05) is 36.4 Å². The van der Waals surface area contributed by atoms with Gasteiger partial charge in [0.05, 0.1) is 64.8 Å². The Kier molecular flexibility index (Phi) is 11.5. The monoisotopic (exact) mass is 818 g/mol. The highest BCUT2D eigenvalue weighted by molar-refractivity contribution is 14.1. The third kappa shape index (κ3) is 7.03. The van der Waals surface area contributed by atoms with E-state index in [0.29, 0.717) is 33.3 Å². The topological polar surface area (TPSA) is 206 Å². The van der Waals surface area contributed by atoms with Gasteiger partial charge in [0, 0.05) is 34.2 Å². The maximum atomic E-state index is 12.2. The van der Waals surface area contributed by atoms with Crippen molar-refractivity contribution in [2.75, 3.05) is 21.3 Å². The van der Waals surface area contributed by atoms with Gasteiger partial charge in [0.15, 0.2) is 0 Å². The molecular weight excluding hydrogens is 786 g/mol. The Morgan fingerprint density at radius 1 is 0.808 bits per heavy atom. The lowest BCUT2D eigenvalue weighted by Gasteiger charge is -2.03. The van der Waals surface area contributed by atoms with Crippen molar-refractivity contribution in [2.45, 2.75) is 7.43 Å². The molecule has 2 aromatic carbocycles. The first kappa shape index (κ1) is 37.4. The summed E-state index contributed by atoms with van der Waals surface area (Å²) in [7, 11) is 2.56. The lowest BCUT2D eigenvalue weighted by atomic mass is 9.81. The molecule has 8 rings (SSSR count). The summed E-state index contributed by atoms with van der Waals surface area (Å²) in [4.78, 5) is 48.5. The van der Waals surface area contributed by atoms with E-state index in [1.165, 1.54) is 33.6 Å². The number of aromatic nitrogens is 4. The fraction of sp³-hybridized carbons (Fsp3) is 0.111. The van der Waals surface area contributed by atoms with Gasteiger partial charge in [0.2, 0.25) is 5.88 Å². The molecule has 14 nitrogen and oxygen atoms in total. The van der Waals surface area contributed by atoms with E-state index in [-0.39, 0.29) is 36.0 Å². The van der Waals surface area contributed by atoms with Gasteiger partial charge >= 0.3 is 19.1 Å². The van der Waals surface area contributed by atoms with Gasteiger partial charge in [0.25, 0.3) is 5.56 Å². The second kappa shape index (κ2) is 16.0. The van der Waals surface area contributed by atoms with Gasteiger partial charge in [-0.1, -0.05) is 13.5 Å². The second-order valence-electron chi connectivity index (χ2n) is 10.7. The number of methoxy groups -OCH3 is 3. The van der Waals surface area contributed by atoms with Crippen molar-refractivity contribution in [1.82, 2.24) is 19.9 Å². The molecule has 0 saturated heterocycles. The van der Waals surface area contributed by atoms with E-state index in [2.05, 4.69) is 42.5 Å². The summed E-state index contributed by atoms with van der Waals surface area (Å²) < 4.78 is 26.2. The molecule has 266 valence electrons. The average molecular weight is 818 g/mol. The summed E-state index contributed by atoms with van der Waals surface area (Å²) in [5.41, 5.74) is 4.51. The molecule has 0 aliphatic carbocycles. The molecule has 6 aromatic heterocycles. The van der Waals surface area contributed by atoms with Gasteiger partial charge in [-0.05, 0) is 77.2 Å². The number of benzene rings is 2. The molecular formula is C36H32BIN4O10. The molecule has 5 N–H and O–H groups in total. The number of H-pyrrole nitrogens is 3. The Morgan fingerprint density at radius 2 is 1.40 bits per heavy atom.